The Kier molecular flexibility index (Phi) is 7.19. The fourth-order valence-electron chi connectivity index (χ4n) is 5.68. The topological polar surface area (TPSA) is 61.4 Å². The van der Waals surface area contributed by atoms with E-state index < -0.39 is 11.5 Å². The molecular formula is C27H30BrCl2N3O2. The number of nitrogens with zero attached hydrogens (tertiary/aromatic N) is 1. The summed E-state index contributed by atoms with van der Waals surface area (Å²) >= 11 is 16.1. The lowest BCUT2D eigenvalue weighted by molar-refractivity contribution is -0.131. The van der Waals surface area contributed by atoms with Crippen molar-refractivity contribution in [1.82, 2.24) is 15.5 Å². The Morgan fingerprint density at radius 2 is 1.77 bits per heavy atom. The van der Waals surface area contributed by atoms with Gasteiger partial charge >= 0.3 is 0 Å². The van der Waals surface area contributed by atoms with E-state index in [9.17, 15) is 9.59 Å². The molecule has 0 aromatic heterocycles. The van der Waals surface area contributed by atoms with E-state index in [1.165, 1.54) is 0 Å². The van der Waals surface area contributed by atoms with E-state index in [0.717, 1.165) is 48.1 Å². The third-order valence-corrected chi connectivity index (χ3v) is 9.16. The van der Waals surface area contributed by atoms with Crippen LogP contribution in [0, 0.1) is 5.92 Å². The maximum absolute atomic E-state index is 13.7. The predicted octanol–water partition coefficient (Wildman–Crippen LogP) is 5.29. The van der Waals surface area contributed by atoms with E-state index in [-0.39, 0.29) is 23.8 Å². The van der Waals surface area contributed by atoms with E-state index >= 15 is 0 Å². The molecule has 2 aromatic rings. The Morgan fingerprint density at radius 1 is 1.09 bits per heavy atom. The van der Waals surface area contributed by atoms with Gasteiger partial charge in [-0.25, -0.2) is 0 Å². The standard InChI is InChI=1S/C27H30BrCl2N3O2/c1-16(17-2-4-19(28)5-3-17)24(25(34)31-23-15-33-12-8-18(23)9-13-33)32-26(35)27(10-11-27)21-7-6-20(29)14-22(21)30/h2-7,14,16,18,23-24H,8-13,15H2,1H3,(H,31,34)(H,32,35)/t16-,23-,24?/m1/s1. The van der Waals surface area contributed by atoms with Crippen molar-refractivity contribution in [1.29, 1.82) is 0 Å². The van der Waals surface area contributed by atoms with Crippen LogP contribution >= 0.6 is 39.1 Å². The van der Waals surface area contributed by atoms with Crippen LogP contribution in [0.15, 0.2) is 46.9 Å². The zero-order valence-electron chi connectivity index (χ0n) is 19.7. The van der Waals surface area contributed by atoms with Gasteiger partial charge in [0.2, 0.25) is 11.8 Å². The third kappa shape index (κ3) is 5.13. The maximum Gasteiger partial charge on any atom is 0.243 e. The summed E-state index contributed by atoms with van der Waals surface area (Å²) in [5.41, 5.74) is 1.06. The average molecular weight is 579 g/mol. The van der Waals surface area contributed by atoms with E-state index in [1.807, 2.05) is 37.3 Å². The van der Waals surface area contributed by atoms with Gasteiger partial charge in [0, 0.05) is 33.0 Å². The number of rotatable bonds is 7. The number of nitrogens with one attached hydrogen (secondary N) is 2. The Hall–Kier alpha value is -1.60. The fraction of sp³-hybridized carbons (Fsp3) is 0.481. The third-order valence-electron chi connectivity index (χ3n) is 8.08. The fourth-order valence-corrected chi connectivity index (χ4v) is 6.53. The largest absolute Gasteiger partial charge is 0.350 e. The molecule has 1 aliphatic carbocycles. The lowest BCUT2D eigenvalue weighted by Crippen LogP contribution is -2.61. The van der Waals surface area contributed by atoms with Crippen molar-refractivity contribution in [2.24, 2.45) is 5.92 Å². The molecule has 2 bridgehead atoms. The monoisotopic (exact) mass is 577 g/mol. The molecule has 3 saturated heterocycles. The van der Waals surface area contributed by atoms with Gasteiger partial charge in [0.15, 0.2) is 0 Å². The molecule has 2 aromatic carbocycles. The van der Waals surface area contributed by atoms with Crippen LogP contribution in [0.3, 0.4) is 0 Å². The molecule has 3 aliphatic heterocycles. The highest BCUT2D eigenvalue weighted by molar-refractivity contribution is 9.10. The minimum Gasteiger partial charge on any atom is -0.350 e. The molecule has 1 unspecified atom stereocenters. The molecule has 4 fully saturated rings. The molecule has 2 amide bonds. The molecule has 0 spiro atoms. The molecular weight excluding hydrogens is 549 g/mol. The molecule has 2 N–H and O–H groups in total. The van der Waals surface area contributed by atoms with Crippen molar-refractivity contribution < 1.29 is 9.59 Å². The number of hydrogen-bond acceptors (Lipinski definition) is 3. The van der Waals surface area contributed by atoms with Crippen molar-refractivity contribution in [2.75, 3.05) is 19.6 Å². The number of hydrogen-bond donors (Lipinski definition) is 2. The summed E-state index contributed by atoms with van der Waals surface area (Å²) < 4.78 is 0.972. The summed E-state index contributed by atoms with van der Waals surface area (Å²) in [5.74, 6) is 0.0285. The number of carbonyl (C=O) groups excluding carboxylic acids is 2. The molecule has 35 heavy (non-hydrogen) atoms. The molecule has 8 heteroatoms. The van der Waals surface area contributed by atoms with Gasteiger partial charge in [-0.3, -0.25) is 9.59 Å². The first kappa shape index (κ1) is 25.1. The second-order valence-electron chi connectivity index (χ2n) is 10.3. The highest BCUT2D eigenvalue weighted by Gasteiger charge is 2.53. The van der Waals surface area contributed by atoms with Gasteiger partial charge in [0.1, 0.15) is 6.04 Å². The molecule has 1 saturated carbocycles. The second kappa shape index (κ2) is 10.0. The minimum atomic E-state index is -0.713. The number of carbonyl (C=O) groups is 2. The van der Waals surface area contributed by atoms with Crippen LogP contribution in [0.4, 0.5) is 0 Å². The number of amides is 2. The molecule has 3 heterocycles. The maximum atomic E-state index is 13.7. The summed E-state index contributed by atoms with van der Waals surface area (Å²) in [7, 11) is 0. The molecule has 0 radical (unpaired) electrons. The lowest BCUT2D eigenvalue weighted by Gasteiger charge is -2.45. The molecule has 3 atom stereocenters. The molecule has 4 aliphatic rings. The summed E-state index contributed by atoms with van der Waals surface area (Å²) in [4.78, 5) is 29.8. The average Bonchev–Trinajstić information content (AvgIpc) is 3.65. The normalized spacial score (nSPS) is 26.0. The van der Waals surface area contributed by atoms with Gasteiger partial charge in [-0.05, 0) is 80.1 Å². The Labute approximate surface area is 225 Å². The quantitative estimate of drug-likeness (QED) is 0.469. The van der Waals surface area contributed by atoms with Crippen LogP contribution in [-0.4, -0.2) is 48.4 Å². The summed E-state index contributed by atoms with van der Waals surface area (Å²) in [6, 6.07) is 12.6. The number of piperidine rings is 3. The second-order valence-corrected chi connectivity index (χ2v) is 12.0. The Morgan fingerprint density at radius 3 is 2.34 bits per heavy atom. The predicted molar refractivity (Wildman–Crippen MR) is 143 cm³/mol. The highest BCUT2D eigenvalue weighted by atomic mass is 79.9. The van der Waals surface area contributed by atoms with Crippen molar-refractivity contribution in [3.63, 3.8) is 0 Å². The van der Waals surface area contributed by atoms with Crippen LogP contribution < -0.4 is 10.6 Å². The van der Waals surface area contributed by atoms with Crippen LogP contribution in [-0.2, 0) is 15.0 Å². The van der Waals surface area contributed by atoms with E-state index in [1.54, 1.807) is 12.1 Å². The first-order valence-corrected chi connectivity index (χ1v) is 13.9. The van der Waals surface area contributed by atoms with Crippen LogP contribution in [0.1, 0.15) is 49.7 Å². The summed E-state index contributed by atoms with van der Waals surface area (Å²) in [6.45, 7) is 5.10. The molecule has 5 nitrogen and oxygen atoms in total. The first-order chi connectivity index (χ1) is 16.8. The van der Waals surface area contributed by atoms with Gasteiger partial charge in [-0.15, -0.1) is 0 Å². The lowest BCUT2D eigenvalue weighted by atomic mass is 9.83. The van der Waals surface area contributed by atoms with Gasteiger partial charge in [0.25, 0.3) is 0 Å². The number of fused-ring (bicyclic) bond motifs is 3. The number of benzene rings is 2. The van der Waals surface area contributed by atoms with Gasteiger partial charge in [0.05, 0.1) is 5.41 Å². The SMILES string of the molecule is C[C@H](c1ccc(Br)cc1)C(NC(=O)C1(c2ccc(Cl)cc2Cl)CC1)C(=O)N[C@@H]1C[N@]2CC[C@H]1CC2. The first-order valence-electron chi connectivity index (χ1n) is 12.3. The zero-order chi connectivity index (χ0) is 24.7. The molecule has 186 valence electrons. The van der Waals surface area contributed by atoms with Crippen molar-refractivity contribution in [2.45, 2.75) is 56.0 Å². The molecule has 6 rings (SSSR count). The summed E-state index contributed by atoms with van der Waals surface area (Å²) in [5, 5.41) is 7.46. The van der Waals surface area contributed by atoms with E-state index in [2.05, 4.69) is 31.5 Å². The van der Waals surface area contributed by atoms with Crippen molar-refractivity contribution >= 4 is 50.9 Å². The van der Waals surface area contributed by atoms with Gasteiger partial charge < -0.3 is 15.5 Å². The Bertz CT molecular complexity index is 1110. The minimum absolute atomic E-state index is 0.120. The van der Waals surface area contributed by atoms with Gasteiger partial charge in [-0.1, -0.05) is 64.3 Å². The van der Waals surface area contributed by atoms with Crippen LogP contribution in [0.5, 0.6) is 0 Å². The van der Waals surface area contributed by atoms with Crippen molar-refractivity contribution in [3.8, 4) is 0 Å². The smallest absolute Gasteiger partial charge is 0.243 e. The van der Waals surface area contributed by atoms with E-state index in [0.29, 0.717) is 28.8 Å². The van der Waals surface area contributed by atoms with Gasteiger partial charge in [-0.2, -0.15) is 0 Å². The summed E-state index contributed by atoms with van der Waals surface area (Å²) in [6.07, 6.45) is 3.62. The zero-order valence-corrected chi connectivity index (χ0v) is 22.8. The van der Waals surface area contributed by atoms with Crippen molar-refractivity contribution in [3.05, 3.63) is 68.1 Å². The highest BCUT2D eigenvalue weighted by Crippen LogP contribution is 2.51. The Balaban J connectivity index is 1.39. The van der Waals surface area contributed by atoms with E-state index in [4.69, 9.17) is 23.2 Å². The van der Waals surface area contributed by atoms with Crippen LogP contribution in [0.25, 0.3) is 0 Å². The van der Waals surface area contributed by atoms with Crippen LogP contribution in [0.2, 0.25) is 10.0 Å². The number of halogens is 3.